The minimum Gasteiger partial charge on any atom is -0.399 e. The van der Waals surface area contributed by atoms with Crippen LogP contribution in [0, 0.1) is 0 Å². The van der Waals surface area contributed by atoms with E-state index in [1.165, 1.54) is 15.8 Å². The third kappa shape index (κ3) is 3.20. The lowest BCUT2D eigenvalue weighted by atomic mass is 10.2. The van der Waals surface area contributed by atoms with E-state index in [-0.39, 0.29) is 6.10 Å². The largest absolute Gasteiger partial charge is 0.399 e. The molecule has 1 atom stereocenters. The smallest absolute Gasteiger partial charge is 0.0881 e. The maximum absolute atomic E-state index is 6.07. The molecule has 1 fully saturated rings. The Morgan fingerprint density at radius 1 is 1.43 bits per heavy atom. The van der Waals surface area contributed by atoms with Gasteiger partial charge in [-0.05, 0) is 31.0 Å². The van der Waals surface area contributed by atoms with E-state index in [4.69, 9.17) is 10.5 Å². The van der Waals surface area contributed by atoms with E-state index in [1.807, 2.05) is 11.8 Å². The number of hydrogen-bond acceptors (Lipinski definition) is 4. The molecule has 114 valence electrons. The van der Waals surface area contributed by atoms with Crippen molar-refractivity contribution in [2.75, 3.05) is 38.2 Å². The minimum absolute atomic E-state index is 0.253. The summed E-state index contributed by atoms with van der Waals surface area (Å²) in [4.78, 5) is 3.60. The number of fused-ring (bicyclic) bond motifs is 1. The Balaban J connectivity index is 1.89. The topological polar surface area (TPSA) is 43.4 Å². The second-order valence-corrected chi connectivity index (χ2v) is 6.91. The number of likely N-dealkylation sites (N-methyl/N-ethyl adjacent to an activating group) is 1. The standard InChI is InChI=1S/C16H23N3OS/c1-3-21-16-9-12(17)8-15-14(16)4-5-19(15)11-13-10-18(2)6-7-20-13/h4-5,8-9,13H,3,6-7,10-11,17H2,1-2H3. The van der Waals surface area contributed by atoms with Gasteiger partial charge in [0, 0.05) is 35.3 Å². The van der Waals surface area contributed by atoms with E-state index in [9.17, 15) is 0 Å². The van der Waals surface area contributed by atoms with Crippen molar-refractivity contribution >= 4 is 28.4 Å². The lowest BCUT2D eigenvalue weighted by Gasteiger charge is -2.30. The highest BCUT2D eigenvalue weighted by Gasteiger charge is 2.19. The van der Waals surface area contributed by atoms with Crippen LogP contribution in [0.2, 0.25) is 0 Å². The fourth-order valence-electron chi connectivity index (χ4n) is 2.91. The second kappa shape index (κ2) is 6.30. The highest BCUT2D eigenvalue weighted by molar-refractivity contribution is 7.99. The van der Waals surface area contributed by atoms with Crippen LogP contribution in [0.3, 0.4) is 0 Å². The number of nitrogen functional groups attached to an aromatic ring is 1. The van der Waals surface area contributed by atoms with Crippen molar-refractivity contribution in [2.24, 2.45) is 0 Å². The van der Waals surface area contributed by atoms with Crippen molar-refractivity contribution in [1.29, 1.82) is 0 Å². The quantitative estimate of drug-likeness (QED) is 0.697. The molecule has 2 heterocycles. The number of nitrogens with zero attached hydrogens (tertiary/aromatic N) is 2. The van der Waals surface area contributed by atoms with E-state index in [2.05, 4.69) is 47.8 Å². The van der Waals surface area contributed by atoms with Gasteiger partial charge in [-0.2, -0.15) is 0 Å². The van der Waals surface area contributed by atoms with Crippen LogP contribution < -0.4 is 5.73 Å². The Kier molecular flexibility index (Phi) is 4.42. The molecular weight excluding hydrogens is 282 g/mol. The van der Waals surface area contributed by atoms with Crippen molar-refractivity contribution in [1.82, 2.24) is 9.47 Å². The average Bonchev–Trinajstić information content (AvgIpc) is 2.82. The predicted octanol–water partition coefficient (Wildman–Crippen LogP) is 2.67. The molecule has 1 aliphatic rings. The first-order valence-corrected chi connectivity index (χ1v) is 8.47. The molecule has 2 N–H and O–H groups in total. The average molecular weight is 305 g/mol. The summed E-state index contributed by atoms with van der Waals surface area (Å²) >= 11 is 1.85. The minimum atomic E-state index is 0.253. The summed E-state index contributed by atoms with van der Waals surface area (Å²) in [5, 5.41) is 1.29. The maximum atomic E-state index is 6.07. The van der Waals surface area contributed by atoms with Gasteiger partial charge in [-0.15, -0.1) is 11.8 Å². The predicted molar refractivity (Wildman–Crippen MR) is 90.0 cm³/mol. The summed E-state index contributed by atoms with van der Waals surface area (Å²) in [5.41, 5.74) is 8.12. The van der Waals surface area contributed by atoms with Crippen molar-refractivity contribution < 1.29 is 4.74 Å². The molecule has 2 aromatic rings. The van der Waals surface area contributed by atoms with E-state index >= 15 is 0 Å². The van der Waals surface area contributed by atoms with E-state index in [1.54, 1.807) is 0 Å². The van der Waals surface area contributed by atoms with Gasteiger partial charge in [-0.1, -0.05) is 6.92 Å². The summed E-state index contributed by atoms with van der Waals surface area (Å²) in [6.07, 6.45) is 2.41. The number of thioether (sulfide) groups is 1. The molecule has 0 radical (unpaired) electrons. The zero-order valence-electron chi connectivity index (χ0n) is 12.7. The molecule has 0 amide bonds. The van der Waals surface area contributed by atoms with Gasteiger partial charge in [0.2, 0.25) is 0 Å². The summed E-state index contributed by atoms with van der Waals surface area (Å²) in [6, 6.07) is 6.34. The number of ether oxygens (including phenoxy) is 1. The molecular formula is C16H23N3OS. The first kappa shape index (κ1) is 14.8. The molecule has 1 unspecified atom stereocenters. The van der Waals surface area contributed by atoms with E-state index < -0.39 is 0 Å². The third-order valence-corrected chi connectivity index (χ3v) is 4.85. The number of anilines is 1. The molecule has 4 nitrogen and oxygen atoms in total. The molecule has 1 aromatic carbocycles. The van der Waals surface area contributed by atoms with E-state index in [0.29, 0.717) is 0 Å². The Hall–Kier alpha value is -1.17. The molecule has 1 aliphatic heterocycles. The Morgan fingerprint density at radius 3 is 3.05 bits per heavy atom. The Labute approximate surface area is 130 Å². The van der Waals surface area contributed by atoms with Crippen molar-refractivity contribution in [3.8, 4) is 0 Å². The lowest BCUT2D eigenvalue weighted by Crippen LogP contribution is -2.41. The van der Waals surface area contributed by atoms with Gasteiger partial charge >= 0.3 is 0 Å². The molecule has 5 heteroatoms. The number of benzene rings is 1. The summed E-state index contributed by atoms with van der Waals surface area (Å²) in [7, 11) is 2.15. The monoisotopic (exact) mass is 305 g/mol. The number of rotatable bonds is 4. The van der Waals surface area contributed by atoms with Crippen LogP contribution >= 0.6 is 11.8 Å². The Morgan fingerprint density at radius 2 is 2.29 bits per heavy atom. The van der Waals surface area contributed by atoms with Gasteiger partial charge in [0.25, 0.3) is 0 Å². The molecule has 0 aliphatic carbocycles. The SMILES string of the molecule is CCSc1cc(N)cc2c1ccn2CC1CN(C)CCO1. The van der Waals surface area contributed by atoms with E-state index in [0.717, 1.165) is 37.7 Å². The van der Waals surface area contributed by atoms with Gasteiger partial charge in [-0.25, -0.2) is 0 Å². The van der Waals surface area contributed by atoms with Crippen LogP contribution in [0.1, 0.15) is 6.92 Å². The summed E-state index contributed by atoms with van der Waals surface area (Å²) < 4.78 is 8.15. The molecule has 3 rings (SSSR count). The van der Waals surface area contributed by atoms with Crippen LogP contribution in [0.15, 0.2) is 29.3 Å². The lowest BCUT2D eigenvalue weighted by molar-refractivity contribution is -0.0269. The molecule has 1 aromatic heterocycles. The van der Waals surface area contributed by atoms with Gasteiger partial charge in [0.15, 0.2) is 0 Å². The third-order valence-electron chi connectivity index (χ3n) is 3.92. The van der Waals surface area contributed by atoms with Crippen molar-refractivity contribution in [3.05, 3.63) is 24.4 Å². The molecule has 0 saturated carbocycles. The first-order chi connectivity index (χ1) is 10.2. The highest BCUT2D eigenvalue weighted by atomic mass is 32.2. The molecule has 21 heavy (non-hydrogen) atoms. The number of hydrogen-bond donors (Lipinski definition) is 1. The summed E-state index contributed by atoms with van der Waals surface area (Å²) in [6.45, 7) is 5.88. The van der Waals surface area contributed by atoms with Crippen LogP contribution in [0.25, 0.3) is 10.9 Å². The molecule has 0 spiro atoms. The first-order valence-electron chi connectivity index (χ1n) is 7.48. The number of aromatic nitrogens is 1. The van der Waals surface area contributed by atoms with Gasteiger partial charge < -0.3 is 19.9 Å². The fraction of sp³-hybridized carbons (Fsp3) is 0.500. The second-order valence-electron chi connectivity index (χ2n) is 5.61. The highest BCUT2D eigenvalue weighted by Crippen LogP contribution is 2.31. The van der Waals surface area contributed by atoms with Crippen LogP contribution in [0.5, 0.6) is 0 Å². The van der Waals surface area contributed by atoms with Gasteiger partial charge in [0.1, 0.15) is 0 Å². The molecule has 0 bridgehead atoms. The van der Waals surface area contributed by atoms with Crippen LogP contribution in [0.4, 0.5) is 5.69 Å². The summed E-state index contributed by atoms with van der Waals surface area (Å²) in [5.74, 6) is 1.06. The maximum Gasteiger partial charge on any atom is 0.0881 e. The number of morpholine rings is 1. The van der Waals surface area contributed by atoms with Crippen molar-refractivity contribution in [3.63, 3.8) is 0 Å². The number of nitrogens with two attached hydrogens (primary N) is 1. The molecule has 1 saturated heterocycles. The van der Waals surface area contributed by atoms with Crippen molar-refractivity contribution in [2.45, 2.75) is 24.5 Å². The van der Waals surface area contributed by atoms with Gasteiger partial charge in [-0.3, -0.25) is 0 Å². The van der Waals surface area contributed by atoms with Crippen LogP contribution in [-0.4, -0.2) is 48.1 Å². The normalized spacial score (nSPS) is 20.2. The fourth-order valence-corrected chi connectivity index (χ4v) is 3.77. The Bertz CT molecular complexity index is 625. The zero-order valence-corrected chi connectivity index (χ0v) is 13.5. The van der Waals surface area contributed by atoms with Crippen LogP contribution in [-0.2, 0) is 11.3 Å². The van der Waals surface area contributed by atoms with Gasteiger partial charge in [0.05, 0.1) is 24.8 Å². The zero-order chi connectivity index (χ0) is 14.8.